The van der Waals surface area contributed by atoms with E-state index >= 15 is 0 Å². The summed E-state index contributed by atoms with van der Waals surface area (Å²) in [6.45, 7) is 1.38. The van der Waals surface area contributed by atoms with E-state index in [1.807, 2.05) is 0 Å². The van der Waals surface area contributed by atoms with Crippen LogP contribution in [0.15, 0.2) is 47.5 Å². The molecule has 2 unspecified atom stereocenters. The lowest BCUT2D eigenvalue weighted by molar-refractivity contribution is -0.184. The highest BCUT2D eigenvalue weighted by atomic mass is 19.4. The summed E-state index contributed by atoms with van der Waals surface area (Å²) in [7, 11) is 0. The highest BCUT2D eigenvalue weighted by Crippen LogP contribution is 2.59. The number of hydrogen-bond donors (Lipinski definition) is 3. The maximum absolute atomic E-state index is 14.8. The van der Waals surface area contributed by atoms with E-state index in [2.05, 4.69) is 20.5 Å². The minimum atomic E-state index is -4.83. The van der Waals surface area contributed by atoms with Gasteiger partial charge >= 0.3 is 6.18 Å². The molecular weight excluding hydrogens is 364 g/mol. The summed E-state index contributed by atoms with van der Waals surface area (Å²) in [5.41, 5.74) is -3.84. The zero-order valence-corrected chi connectivity index (χ0v) is 14.0. The molecule has 0 radical (unpaired) electrons. The van der Waals surface area contributed by atoms with Gasteiger partial charge in [-0.2, -0.15) is 18.3 Å². The van der Waals surface area contributed by atoms with Crippen LogP contribution in [0.3, 0.4) is 0 Å². The Morgan fingerprint density at radius 1 is 1.15 bits per heavy atom. The normalized spacial score (nSPS) is 19.7. The molecule has 0 aliphatic carbocycles. The Morgan fingerprint density at radius 2 is 1.93 bits per heavy atom. The first-order valence-electron chi connectivity index (χ1n) is 8.12. The molecule has 0 amide bonds. The van der Waals surface area contributed by atoms with Crippen molar-refractivity contribution in [3.05, 3.63) is 75.7 Å². The summed E-state index contributed by atoms with van der Waals surface area (Å²) in [5.74, 6) is -2.00. The van der Waals surface area contributed by atoms with Gasteiger partial charge in [-0.15, -0.1) is 0 Å². The summed E-state index contributed by atoms with van der Waals surface area (Å²) < 4.78 is 58.3. The average Bonchev–Trinajstić information content (AvgIpc) is 3.13. The van der Waals surface area contributed by atoms with Crippen LogP contribution in [-0.4, -0.2) is 21.4 Å². The molecule has 1 aliphatic rings. The Morgan fingerprint density at radius 3 is 2.59 bits per heavy atom. The van der Waals surface area contributed by atoms with E-state index in [0.29, 0.717) is 0 Å². The van der Waals surface area contributed by atoms with Crippen molar-refractivity contribution >= 4 is 11.4 Å². The lowest BCUT2D eigenvalue weighted by atomic mass is 9.62. The van der Waals surface area contributed by atoms with E-state index in [4.69, 9.17) is 0 Å². The van der Waals surface area contributed by atoms with Gasteiger partial charge < -0.3 is 10.3 Å². The molecule has 9 heteroatoms. The molecule has 0 saturated carbocycles. The molecule has 2 aromatic heterocycles. The van der Waals surface area contributed by atoms with E-state index in [9.17, 15) is 22.4 Å². The number of fused-ring (bicyclic) bond motifs is 2. The molecule has 0 fully saturated rings. The predicted molar refractivity (Wildman–Crippen MR) is 90.6 cm³/mol. The van der Waals surface area contributed by atoms with Crippen molar-refractivity contribution in [3.63, 3.8) is 0 Å². The van der Waals surface area contributed by atoms with Gasteiger partial charge in [-0.05, 0) is 35.9 Å². The van der Waals surface area contributed by atoms with E-state index in [1.54, 1.807) is 0 Å². The van der Waals surface area contributed by atoms with Crippen molar-refractivity contribution in [1.29, 1.82) is 0 Å². The van der Waals surface area contributed by atoms with E-state index < -0.39 is 28.9 Å². The van der Waals surface area contributed by atoms with Crippen LogP contribution >= 0.6 is 0 Å². The molecule has 4 rings (SSSR count). The molecule has 0 bridgehead atoms. The smallest absolute Gasteiger partial charge is 0.351 e. The van der Waals surface area contributed by atoms with Gasteiger partial charge in [0.1, 0.15) is 16.9 Å². The third-order valence-corrected chi connectivity index (χ3v) is 5.14. The van der Waals surface area contributed by atoms with Crippen LogP contribution in [0.2, 0.25) is 0 Å². The third kappa shape index (κ3) is 2.30. The van der Waals surface area contributed by atoms with Gasteiger partial charge in [0.2, 0.25) is 0 Å². The Bertz CT molecular complexity index is 1060. The fraction of sp³-hybridized carbons (Fsp3) is 0.222. The Kier molecular flexibility index (Phi) is 3.66. The van der Waals surface area contributed by atoms with Crippen molar-refractivity contribution in [1.82, 2.24) is 15.2 Å². The Balaban J connectivity index is 2.16. The molecule has 1 aromatic carbocycles. The summed E-state index contributed by atoms with van der Waals surface area (Å²) >= 11 is 0. The fourth-order valence-electron chi connectivity index (χ4n) is 3.92. The maximum Gasteiger partial charge on any atom is 0.403 e. The SMILES string of the molecule is CC(c1ccn[nH]1)C1(C(F)(F)F)c2cc(F)ccc2Nc2c1cc[nH]c2=O. The first-order valence-corrected chi connectivity index (χ1v) is 8.12. The van der Waals surface area contributed by atoms with E-state index in [-0.39, 0.29) is 28.2 Å². The zero-order chi connectivity index (χ0) is 19.4. The number of nitrogens with one attached hydrogen (secondary N) is 3. The summed E-state index contributed by atoms with van der Waals surface area (Å²) in [5, 5.41) is 9.05. The lowest BCUT2D eigenvalue weighted by Crippen LogP contribution is -2.50. The number of alkyl halides is 3. The van der Waals surface area contributed by atoms with Crippen LogP contribution in [0.25, 0.3) is 0 Å². The predicted octanol–water partition coefficient (Wildman–Crippen LogP) is 3.95. The number of aromatic nitrogens is 3. The number of hydrogen-bond acceptors (Lipinski definition) is 3. The highest BCUT2D eigenvalue weighted by molar-refractivity contribution is 5.76. The summed E-state index contributed by atoms with van der Waals surface area (Å²) in [4.78, 5) is 14.7. The largest absolute Gasteiger partial charge is 0.403 e. The molecule has 0 saturated heterocycles. The Labute approximate surface area is 150 Å². The number of aromatic amines is 2. The quantitative estimate of drug-likeness (QED) is 0.592. The van der Waals surface area contributed by atoms with Gasteiger partial charge in [0, 0.05) is 35.3 Å². The lowest BCUT2D eigenvalue weighted by Gasteiger charge is -2.45. The second-order valence-electron chi connectivity index (χ2n) is 6.45. The molecule has 140 valence electrons. The molecule has 3 N–H and O–H groups in total. The van der Waals surface area contributed by atoms with Crippen molar-refractivity contribution in [2.75, 3.05) is 5.32 Å². The second kappa shape index (κ2) is 5.70. The standard InChI is InChI=1S/C18H14F4N4O/c1-9(13-5-7-24-26-13)17(18(20,21)22)11-4-6-23-16(27)15(11)25-14-3-2-10(19)8-12(14)17/h2-9,25H,1H3,(H,23,27)(H,24,26). The molecule has 3 aromatic rings. The van der Waals surface area contributed by atoms with Crippen molar-refractivity contribution in [2.45, 2.75) is 24.4 Å². The second-order valence-corrected chi connectivity index (χ2v) is 6.45. The van der Waals surface area contributed by atoms with Gasteiger partial charge in [-0.1, -0.05) is 6.92 Å². The molecule has 5 nitrogen and oxygen atoms in total. The number of pyridine rings is 1. The van der Waals surface area contributed by atoms with Crippen LogP contribution in [-0.2, 0) is 5.41 Å². The number of rotatable bonds is 2. The Hall–Kier alpha value is -3.10. The number of H-pyrrole nitrogens is 2. The minimum absolute atomic E-state index is 0.0318. The number of nitrogens with zero attached hydrogens (tertiary/aromatic N) is 1. The molecule has 0 spiro atoms. The number of benzene rings is 1. The van der Waals surface area contributed by atoms with Crippen LogP contribution < -0.4 is 10.9 Å². The third-order valence-electron chi connectivity index (χ3n) is 5.14. The molecule has 2 atom stereocenters. The van der Waals surface area contributed by atoms with Gasteiger partial charge in [0.25, 0.3) is 5.56 Å². The molecule has 1 aliphatic heterocycles. The van der Waals surface area contributed by atoms with Gasteiger partial charge in [0.15, 0.2) is 0 Å². The first-order chi connectivity index (χ1) is 12.8. The van der Waals surface area contributed by atoms with Crippen molar-refractivity contribution in [2.24, 2.45) is 0 Å². The monoisotopic (exact) mass is 378 g/mol. The molecule has 27 heavy (non-hydrogen) atoms. The first kappa shape index (κ1) is 17.3. The van der Waals surface area contributed by atoms with Crippen molar-refractivity contribution in [3.8, 4) is 0 Å². The fourth-order valence-corrected chi connectivity index (χ4v) is 3.92. The summed E-state index contributed by atoms with van der Waals surface area (Å²) in [6.07, 6.45) is -2.32. The van der Waals surface area contributed by atoms with Gasteiger partial charge in [-0.25, -0.2) is 4.39 Å². The van der Waals surface area contributed by atoms with Crippen LogP contribution in [0.4, 0.5) is 28.9 Å². The van der Waals surface area contributed by atoms with Crippen LogP contribution in [0, 0.1) is 5.82 Å². The van der Waals surface area contributed by atoms with Crippen LogP contribution in [0.5, 0.6) is 0 Å². The maximum atomic E-state index is 14.8. The number of halogens is 4. The highest BCUT2D eigenvalue weighted by Gasteiger charge is 2.64. The number of anilines is 2. The minimum Gasteiger partial charge on any atom is -0.351 e. The van der Waals surface area contributed by atoms with Gasteiger partial charge in [-0.3, -0.25) is 9.89 Å². The topological polar surface area (TPSA) is 73.6 Å². The summed E-state index contributed by atoms with van der Waals surface area (Å²) in [6, 6.07) is 5.77. The van der Waals surface area contributed by atoms with Crippen molar-refractivity contribution < 1.29 is 17.6 Å². The van der Waals surface area contributed by atoms with Crippen LogP contribution in [0.1, 0.15) is 29.7 Å². The molecular formula is C18H14F4N4O. The van der Waals surface area contributed by atoms with E-state index in [1.165, 1.54) is 31.3 Å². The molecule has 3 heterocycles. The van der Waals surface area contributed by atoms with Gasteiger partial charge in [0.05, 0.1) is 0 Å². The average molecular weight is 378 g/mol. The van der Waals surface area contributed by atoms with E-state index in [0.717, 1.165) is 18.3 Å². The zero-order valence-electron chi connectivity index (χ0n) is 14.0.